The predicted octanol–water partition coefficient (Wildman–Crippen LogP) is 4.92. The van der Waals surface area contributed by atoms with E-state index in [0.717, 1.165) is 32.1 Å². The van der Waals surface area contributed by atoms with Crippen LogP contribution in [-0.4, -0.2) is 21.4 Å². The topological polar surface area (TPSA) is 40.5 Å². The highest BCUT2D eigenvalue weighted by atomic mass is 16.3. The zero-order valence-electron chi connectivity index (χ0n) is 15.7. The molecule has 2 saturated carbocycles. The van der Waals surface area contributed by atoms with Crippen molar-refractivity contribution in [3.8, 4) is 0 Å². The van der Waals surface area contributed by atoms with Crippen LogP contribution in [0.25, 0.3) is 0 Å². The molecule has 0 heterocycles. The molecule has 2 rings (SSSR count). The molecule has 0 amide bonds. The van der Waals surface area contributed by atoms with E-state index in [0.29, 0.717) is 17.3 Å². The Morgan fingerprint density at radius 3 is 2.32 bits per heavy atom. The van der Waals surface area contributed by atoms with Gasteiger partial charge in [0.1, 0.15) is 0 Å². The van der Waals surface area contributed by atoms with Gasteiger partial charge >= 0.3 is 0 Å². The van der Waals surface area contributed by atoms with Gasteiger partial charge in [-0.15, -0.1) is 0 Å². The van der Waals surface area contributed by atoms with Crippen LogP contribution in [0.4, 0.5) is 0 Å². The summed E-state index contributed by atoms with van der Waals surface area (Å²) in [6.07, 6.45) is 8.41. The van der Waals surface area contributed by atoms with Gasteiger partial charge in [-0.3, -0.25) is 0 Å². The molecule has 0 aromatic heterocycles. The van der Waals surface area contributed by atoms with Gasteiger partial charge in [-0.1, -0.05) is 34.1 Å². The van der Waals surface area contributed by atoms with Crippen LogP contribution in [-0.2, 0) is 0 Å². The first kappa shape index (κ1) is 18.3. The third-order valence-corrected chi connectivity index (χ3v) is 7.50. The maximum atomic E-state index is 11.1. The van der Waals surface area contributed by atoms with Gasteiger partial charge in [0.2, 0.25) is 0 Å². The molecule has 22 heavy (non-hydrogen) atoms. The Morgan fingerprint density at radius 1 is 1.09 bits per heavy atom. The highest BCUT2D eigenvalue weighted by molar-refractivity contribution is 5.07. The number of hydrogen-bond acceptors (Lipinski definition) is 2. The van der Waals surface area contributed by atoms with Crippen LogP contribution in [0.2, 0.25) is 0 Å². The number of rotatable bonds is 4. The summed E-state index contributed by atoms with van der Waals surface area (Å²) >= 11 is 0. The van der Waals surface area contributed by atoms with Crippen molar-refractivity contribution in [2.75, 3.05) is 0 Å². The fourth-order valence-corrected chi connectivity index (χ4v) is 5.90. The van der Waals surface area contributed by atoms with Gasteiger partial charge in [0, 0.05) is 0 Å². The van der Waals surface area contributed by atoms with Crippen LogP contribution in [0.3, 0.4) is 0 Å². The zero-order chi connectivity index (χ0) is 16.8. The van der Waals surface area contributed by atoms with Crippen LogP contribution in [0.1, 0.15) is 92.9 Å². The van der Waals surface area contributed by atoms with Crippen LogP contribution in [0.15, 0.2) is 0 Å². The maximum absolute atomic E-state index is 11.1. The SMILES string of the molecule is CCC(C)(O)CCC1C(C)(O)CCC2C(C)(C)CCCC21C. The van der Waals surface area contributed by atoms with E-state index in [4.69, 9.17) is 0 Å². The van der Waals surface area contributed by atoms with Crippen LogP contribution >= 0.6 is 0 Å². The van der Waals surface area contributed by atoms with Gasteiger partial charge in [0.15, 0.2) is 0 Å². The van der Waals surface area contributed by atoms with E-state index >= 15 is 0 Å². The first-order chi connectivity index (χ1) is 9.95. The van der Waals surface area contributed by atoms with Gasteiger partial charge in [0.05, 0.1) is 11.2 Å². The summed E-state index contributed by atoms with van der Waals surface area (Å²) in [5, 5.41) is 21.5. The number of aliphatic hydroxyl groups is 2. The second-order valence-electron chi connectivity index (χ2n) is 9.74. The monoisotopic (exact) mass is 310 g/mol. The summed E-state index contributed by atoms with van der Waals surface area (Å²) in [5.41, 5.74) is -0.575. The Labute approximate surface area is 137 Å². The van der Waals surface area contributed by atoms with Crippen molar-refractivity contribution in [3.05, 3.63) is 0 Å². The van der Waals surface area contributed by atoms with Crippen molar-refractivity contribution in [2.45, 2.75) is 104 Å². The summed E-state index contributed by atoms with van der Waals surface area (Å²) in [5.74, 6) is 1.00. The quantitative estimate of drug-likeness (QED) is 0.773. The molecule has 2 fully saturated rings. The third kappa shape index (κ3) is 3.24. The van der Waals surface area contributed by atoms with E-state index in [1.807, 2.05) is 20.8 Å². The van der Waals surface area contributed by atoms with Gasteiger partial charge in [-0.05, 0) is 81.5 Å². The minimum Gasteiger partial charge on any atom is -0.390 e. The smallest absolute Gasteiger partial charge is 0.0653 e. The summed E-state index contributed by atoms with van der Waals surface area (Å²) in [4.78, 5) is 0. The minimum absolute atomic E-state index is 0.216. The van der Waals surface area contributed by atoms with Gasteiger partial charge in [0.25, 0.3) is 0 Å². The Morgan fingerprint density at radius 2 is 1.73 bits per heavy atom. The first-order valence-corrected chi connectivity index (χ1v) is 9.39. The predicted molar refractivity (Wildman–Crippen MR) is 92.7 cm³/mol. The Kier molecular flexibility index (Phi) is 4.79. The fraction of sp³-hybridized carbons (Fsp3) is 1.00. The molecule has 130 valence electrons. The molecule has 0 bridgehead atoms. The Balaban J connectivity index is 2.26. The lowest BCUT2D eigenvalue weighted by Gasteiger charge is -2.61. The Bertz CT molecular complexity index is 397. The average molecular weight is 311 g/mol. The lowest BCUT2D eigenvalue weighted by Crippen LogP contribution is -2.57. The largest absolute Gasteiger partial charge is 0.390 e. The van der Waals surface area contributed by atoms with Crippen molar-refractivity contribution in [3.63, 3.8) is 0 Å². The van der Waals surface area contributed by atoms with Crippen molar-refractivity contribution in [1.82, 2.24) is 0 Å². The molecule has 0 saturated heterocycles. The highest BCUT2D eigenvalue weighted by Crippen LogP contribution is 2.63. The zero-order valence-corrected chi connectivity index (χ0v) is 15.7. The molecule has 0 aliphatic heterocycles. The molecule has 5 unspecified atom stereocenters. The molecule has 0 radical (unpaired) electrons. The van der Waals surface area contributed by atoms with E-state index in [-0.39, 0.29) is 5.41 Å². The summed E-state index contributed by atoms with van der Waals surface area (Å²) < 4.78 is 0. The molecule has 0 spiro atoms. The Hall–Kier alpha value is -0.0800. The van der Waals surface area contributed by atoms with Gasteiger partial charge in [-0.2, -0.15) is 0 Å². The van der Waals surface area contributed by atoms with Crippen molar-refractivity contribution < 1.29 is 10.2 Å². The second kappa shape index (κ2) is 5.77. The van der Waals surface area contributed by atoms with E-state index in [1.165, 1.54) is 19.3 Å². The summed E-state index contributed by atoms with van der Waals surface area (Å²) in [7, 11) is 0. The van der Waals surface area contributed by atoms with E-state index in [2.05, 4.69) is 20.8 Å². The highest BCUT2D eigenvalue weighted by Gasteiger charge is 2.57. The van der Waals surface area contributed by atoms with E-state index < -0.39 is 11.2 Å². The van der Waals surface area contributed by atoms with Crippen LogP contribution in [0.5, 0.6) is 0 Å². The van der Waals surface area contributed by atoms with Crippen LogP contribution < -0.4 is 0 Å². The standard InChI is InChI=1S/C20H38O2/c1-7-18(4,21)13-9-16-19(5)12-8-11-17(2,3)15(19)10-14-20(16,6)22/h15-16,21-22H,7-14H2,1-6H3. The molecule has 2 aliphatic rings. The second-order valence-corrected chi connectivity index (χ2v) is 9.74. The molecule has 0 aromatic rings. The third-order valence-electron chi connectivity index (χ3n) is 7.50. The van der Waals surface area contributed by atoms with Gasteiger partial charge < -0.3 is 10.2 Å². The lowest BCUT2D eigenvalue weighted by molar-refractivity contribution is -0.172. The van der Waals surface area contributed by atoms with Crippen molar-refractivity contribution in [1.29, 1.82) is 0 Å². The van der Waals surface area contributed by atoms with Crippen molar-refractivity contribution in [2.24, 2.45) is 22.7 Å². The van der Waals surface area contributed by atoms with Crippen molar-refractivity contribution >= 4 is 0 Å². The molecule has 5 atom stereocenters. The molecule has 2 heteroatoms. The maximum Gasteiger partial charge on any atom is 0.0653 e. The molecule has 0 aromatic carbocycles. The molecular weight excluding hydrogens is 272 g/mol. The number of fused-ring (bicyclic) bond motifs is 1. The fourth-order valence-electron chi connectivity index (χ4n) is 5.90. The molecular formula is C20H38O2. The first-order valence-electron chi connectivity index (χ1n) is 9.39. The molecule has 2 nitrogen and oxygen atoms in total. The average Bonchev–Trinajstić information content (AvgIpc) is 2.35. The summed E-state index contributed by atoms with van der Waals surface area (Å²) in [6.45, 7) is 13.3. The lowest BCUT2D eigenvalue weighted by atomic mass is 9.45. The normalized spacial score (nSPS) is 44.2. The van der Waals surface area contributed by atoms with Crippen LogP contribution in [0, 0.1) is 22.7 Å². The summed E-state index contributed by atoms with van der Waals surface area (Å²) in [6, 6.07) is 0. The molecule has 2 N–H and O–H groups in total. The van der Waals surface area contributed by atoms with Gasteiger partial charge in [-0.25, -0.2) is 0 Å². The van der Waals surface area contributed by atoms with E-state index in [9.17, 15) is 10.2 Å². The molecule has 2 aliphatic carbocycles. The number of hydrogen-bond donors (Lipinski definition) is 2. The van der Waals surface area contributed by atoms with E-state index in [1.54, 1.807) is 0 Å². The minimum atomic E-state index is -0.594.